The number of aromatic amines is 1. The van der Waals surface area contributed by atoms with Crippen LogP contribution < -0.4 is 11.3 Å². The van der Waals surface area contributed by atoms with E-state index >= 15 is 0 Å². The number of para-hydroxylation sites is 1. The molecule has 0 aliphatic heterocycles. The number of benzene rings is 1. The van der Waals surface area contributed by atoms with E-state index in [9.17, 15) is 14.4 Å². The van der Waals surface area contributed by atoms with Gasteiger partial charge in [-0.25, -0.2) is 4.98 Å². The summed E-state index contributed by atoms with van der Waals surface area (Å²) in [6, 6.07) is 6.80. The highest BCUT2D eigenvalue weighted by molar-refractivity contribution is 5.78. The summed E-state index contributed by atoms with van der Waals surface area (Å²) >= 11 is 0. The van der Waals surface area contributed by atoms with Crippen LogP contribution in [0.1, 0.15) is 5.82 Å². The van der Waals surface area contributed by atoms with Crippen LogP contribution >= 0.6 is 0 Å². The highest BCUT2D eigenvalue weighted by Gasteiger charge is 2.14. The lowest BCUT2D eigenvalue weighted by Crippen LogP contribution is -2.37. The number of primary amides is 1. The van der Waals surface area contributed by atoms with E-state index < -0.39 is 11.9 Å². The van der Waals surface area contributed by atoms with E-state index in [2.05, 4.69) is 9.97 Å². The third-order valence-corrected chi connectivity index (χ3v) is 2.77. The average Bonchev–Trinajstić information content (AvgIpc) is 2.37. The number of nitrogens with one attached hydrogen (secondary N) is 1. The molecule has 2 aromatic rings. The summed E-state index contributed by atoms with van der Waals surface area (Å²) in [4.78, 5) is 41.7. The molecule has 2 rings (SSSR count). The largest absolute Gasteiger partial charge is 0.480 e. The molecule has 0 saturated carbocycles. The van der Waals surface area contributed by atoms with Gasteiger partial charge in [-0.3, -0.25) is 19.3 Å². The van der Waals surface area contributed by atoms with E-state index in [4.69, 9.17) is 10.8 Å². The third-order valence-electron chi connectivity index (χ3n) is 2.77. The number of aromatic nitrogens is 2. The van der Waals surface area contributed by atoms with Crippen molar-refractivity contribution in [2.24, 2.45) is 5.73 Å². The Kier molecular flexibility index (Phi) is 4.29. The first-order chi connectivity index (χ1) is 9.95. The summed E-state index contributed by atoms with van der Waals surface area (Å²) in [7, 11) is 0. The summed E-state index contributed by atoms with van der Waals surface area (Å²) in [5, 5.41) is 9.26. The Bertz CT molecular complexity index is 724. The quantitative estimate of drug-likeness (QED) is 0.644. The Morgan fingerprint density at radius 1 is 1.29 bits per heavy atom. The summed E-state index contributed by atoms with van der Waals surface area (Å²) in [6.45, 7) is -0.600. The van der Waals surface area contributed by atoms with Crippen LogP contribution in [0, 0.1) is 0 Å². The Morgan fingerprint density at radius 2 is 2.00 bits per heavy atom. The van der Waals surface area contributed by atoms with Crippen molar-refractivity contribution >= 4 is 22.8 Å². The number of aliphatic carboxylic acids is 1. The molecule has 21 heavy (non-hydrogen) atoms. The summed E-state index contributed by atoms with van der Waals surface area (Å²) < 4.78 is 0. The number of fused-ring (bicyclic) bond motifs is 1. The van der Waals surface area contributed by atoms with Crippen LogP contribution in [0.15, 0.2) is 29.1 Å². The van der Waals surface area contributed by atoms with E-state index in [0.29, 0.717) is 10.9 Å². The van der Waals surface area contributed by atoms with E-state index in [1.165, 1.54) is 4.90 Å². The average molecular weight is 290 g/mol. The van der Waals surface area contributed by atoms with Gasteiger partial charge in [0.1, 0.15) is 5.82 Å². The predicted molar refractivity (Wildman–Crippen MR) is 74.5 cm³/mol. The van der Waals surface area contributed by atoms with Gasteiger partial charge in [-0.2, -0.15) is 0 Å². The maximum Gasteiger partial charge on any atom is 0.317 e. The van der Waals surface area contributed by atoms with Crippen LogP contribution in [0.5, 0.6) is 0 Å². The van der Waals surface area contributed by atoms with Crippen molar-refractivity contribution in [1.29, 1.82) is 0 Å². The van der Waals surface area contributed by atoms with Crippen molar-refractivity contribution in [3.8, 4) is 0 Å². The van der Waals surface area contributed by atoms with E-state index in [1.807, 2.05) is 0 Å². The number of nitrogens with two attached hydrogens (primary N) is 1. The Labute approximate surface area is 119 Å². The third kappa shape index (κ3) is 3.86. The molecule has 1 aromatic carbocycles. The fourth-order valence-corrected chi connectivity index (χ4v) is 2.00. The maximum absolute atomic E-state index is 11.9. The number of H-pyrrole nitrogens is 1. The van der Waals surface area contributed by atoms with Crippen LogP contribution in [0.4, 0.5) is 0 Å². The first-order valence-corrected chi connectivity index (χ1v) is 6.16. The minimum absolute atomic E-state index is 0.00924. The van der Waals surface area contributed by atoms with Crippen LogP contribution in [0.2, 0.25) is 0 Å². The van der Waals surface area contributed by atoms with Gasteiger partial charge in [0.2, 0.25) is 5.91 Å². The van der Waals surface area contributed by atoms with Gasteiger partial charge in [-0.1, -0.05) is 12.1 Å². The number of carboxylic acids is 1. The zero-order chi connectivity index (χ0) is 15.4. The van der Waals surface area contributed by atoms with E-state index in [-0.39, 0.29) is 31.0 Å². The number of carbonyl (C=O) groups is 2. The van der Waals surface area contributed by atoms with E-state index in [1.54, 1.807) is 24.3 Å². The molecule has 8 heteroatoms. The summed E-state index contributed by atoms with van der Waals surface area (Å²) in [5.41, 5.74) is 5.27. The zero-order valence-electron chi connectivity index (χ0n) is 11.1. The molecule has 4 N–H and O–H groups in total. The molecule has 0 aliphatic carbocycles. The minimum Gasteiger partial charge on any atom is -0.480 e. The van der Waals surface area contributed by atoms with Crippen LogP contribution in [0.25, 0.3) is 10.9 Å². The van der Waals surface area contributed by atoms with Crippen molar-refractivity contribution in [1.82, 2.24) is 14.9 Å². The lowest BCUT2D eigenvalue weighted by atomic mass is 10.2. The van der Waals surface area contributed by atoms with Gasteiger partial charge >= 0.3 is 5.97 Å². The second-order valence-electron chi connectivity index (χ2n) is 4.53. The molecule has 1 heterocycles. The van der Waals surface area contributed by atoms with Gasteiger partial charge in [-0.05, 0) is 12.1 Å². The van der Waals surface area contributed by atoms with Gasteiger partial charge in [-0.15, -0.1) is 0 Å². The molecule has 0 radical (unpaired) electrons. The lowest BCUT2D eigenvalue weighted by molar-refractivity contribution is -0.138. The monoisotopic (exact) mass is 290 g/mol. The molecule has 0 aliphatic rings. The zero-order valence-corrected chi connectivity index (χ0v) is 11.1. The number of carboxylic acid groups (broad SMARTS) is 1. The highest BCUT2D eigenvalue weighted by atomic mass is 16.4. The first-order valence-electron chi connectivity index (χ1n) is 6.16. The Morgan fingerprint density at radius 3 is 2.67 bits per heavy atom. The van der Waals surface area contributed by atoms with Crippen molar-refractivity contribution in [3.05, 3.63) is 40.4 Å². The van der Waals surface area contributed by atoms with Gasteiger partial charge in [0, 0.05) is 0 Å². The van der Waals surface area contributed by atoms with Crippen molar-refractivity contribution in [3.63, 3.8) is 0 Å². The Hall–Kier alpha value is -2.74. The Balaban J connectivity index is 2.29. The van der Waals surface area contributed by atoms with Crippen molar-refractivity contribution in [2.75, 3.05) is 13.1 Å². The topological polar surface area (TPSA) is 129 Å². The maximum atomic E-state index is 11.9. The molecule has 0 bridgehead atoms. The molecule has 1 aromatic heterocycles. The number of carbonyl (C=O) groups excluding carboxylic acids is 1. The van der Waals surface area contributed by atoms with Crippen LogP contribution in [-0.4, -0.2) is 44.9 Å². The number of hydrogen-bond donors (Lipinski definition) is 3. The molecule has 110 valence electrons. The highest BCUT2D eigenvalue weighted by Crippen LogP contribution is 2.07. The van der Waals surface area contributed by atoms with Crippen LogP contribution in [0.3, 0.4) is 0 Å². The van der Waals surface area contributed by atoms with Gasteiger partial charge in [0.15, 0.2) is 0 Å². The number of rotatable bonds is 6. The molecule has 0 atom stereocenters. The molecular weight excluding hydrogens is 276 g/mol. The second-order valence-corrected chi connectivity index (χ2v) is 4.53. The lowest BCUT2D eigenvalue weighted by Gasteiger charge is -2.17. The van der Waals surface area contributed by atoms with Crippen molar-refractivity contribution in [2.45, 2.75) is 6.54 Å². The SMILES string of the molecule is NC(=O)CN(CC(=O)O)Cc1nc2ccccc2c(=O)[nH]1. The summed E-state index contributed by atoms with van der Waals surface area (Å²) in [6.07, 6.45) is 0. The molecule has 0 unspecified atom stereocenters. The molecular formula is C13H14N4O4. The molecule has 8 nitrogen and oxygen atoms in total. The van der Waals surface area contributed by atoms with Crippen molar-refractivity contribution < 1.29 is 14.7 Å². The van der Waals surface area contributed by atoms with Crippen LogP contribution in [-0.2, 0) is 16.1 Å². The smallest absolute Gasteiger partial charge is 0.317 e. The van der Waals surface area contributed by atoms with E-state index in [0.717, 1.165) is 0 Å². The normalized spacial score (nSPS) is 10.9. The predicted octanol–water partition coefficient (Wildman–Crippen LogP) is -0.705. The fraction of sp³-hybridized carbons (Fsp3) is 0.231. The first kappa shape index (κ1) is 14.7. The van der Waals surface area contributed by atoms with Gasteiger partial charge in [0.05, 0.1) is 30.5 Å². The molecule has 0 spiro atoms. The molecule has 0 fully saturated rings. The summed E-state index contributed by atoms with van der Waals surface area (Å²) in [5.74, 6) is -1.47. The second kappa shape index (κ2) is 6.14. The van der Waals surface area contributed by atoms with Gasteiger partial charge in [0.25, 0.3) is 5.56 Å². The number of hydrogen-bond acceptors (Lipinski definition) is 5. The standard InChI is InChI=1S/C13H14N4O4/c14-10(18)5-17(7-12(19)20)6-11-15-9-4-2-1-3-8(9)13(21)16-11/h1-4H,5-7H2,(H2,14,18)(H,19,20)(H,15,16,21). The minimum atomic E-state index is -1.10. The number of amides is 1. The van der Waals surface area contributed by atoms with Gasteiger partial charge < -0.3 is 15.8 Å². The fourth-order valence-electron chi connectivity index (χ4n) is 2.00. The molecule has 0 saturated heterocycles. The molecule has 1 amide bonds. The number of nitrogens with zero attached hydrogens (tertiary/aromatic N) is 2.